The number of nitrogens with one attached hydrogen (secondary N) is 1. The van der Waals surface area contributed by atoms with Crippen molar-refractivity contribution < 1.29 is 17.9 Å². The average molecular weight is 327 g/mol. The van der Waals surface area contributed by atoms with E-state index < -0.39 is 11.7 Å². The van der Waals surface area contributed by atoms with Gasteiger partial charge in [0.25, 0.3) is 0 Å². The third-order valence-electron chi connectivity index (χ3n) is 3.28. The van der Waals surface area contributed by atoms with Gasteiger partial charge in [-0.3, -0.25) is 0 Å². The second-order valence-electron chi connectivity index (χ2n) is 4.82. The summed E-state index contributed by atoms with van der Waals surface area (Å²) < 4.78 is 45.0. The van der Waals surface area contributed by atoms with E-state index in [0.717, 1.165) is 16.5 Å². The van der Waals surface area contributed by atoms with Crippen LogP contribution in [0.4, 0.5) is 18.9 Å². The van der Waals surface area contributed by atoms with E-state index >= 15 is 0 Å². The minimum absolute atomic E-state index is 0.0897. The number of benzene rings is 2. The lowest BCUT2D eigenvalue weighted by atomic mass is 10.1. The molecule has 0 fully saturated rings. The van der Waals surface area contributed by atoms with Crippen LogP contribution < -0.4 is 10.1 Å². The third kappa shape index (κ3) is 3.68. The Kier molecular flexibility index (Phi) is 4.90. The molecular weight excluding hydrogens is 311 g/mol. The molecule has 2 aromatic rings. The van der Waals surface area contributed by atoms with Crippen LogP contribution in [0.5, 0.6) is 5.75 Å². The Hall–Kier alpha value is -1.82. The fourth-order valence-corrected chi connectivity index (χ4v) is 2.46. The fourth-order valence-electron chi connectivity index (χ4n) is 2.19. The van der Waals surface area contributed by atoms with Crippen molar-refractivity contribution in [1.82, 2.24) is 0 Å². The number of halogens is 3. The average Bonchev–Trinajstić information content (AvgIpc) is 2.45. The van der Waals surface area contributed by atoms with E-state index in [-0.39, 0.29) is 12.2 Å². The highest BCUT2D eigenvalue weighted by molar-refractivity contribution is 7.80. The van der Waals surface area contributed by atoms with E-state index in [1.54, 1.807) is 31.3 Å². The lowest BCUT2D eigenvalue weighted by molar-refractivity contribution is -0.138. The van der Waals surface area contributed by atoms with Crippen molar-refractivity contribution in [2.45, 2.75) is 24.6 Å². The molecule has 0 aromatic heterocycles. The Morgan fingerprint density at radius 2 is 1.91 bits per heavy atom. The second kappa shape index (κ2) is 6.52. The summed E-state index contributed by atoms with van der Waals surface area (Å²) >= 11 is 4.21. The van der Waals surface area contributed by atoms with E-state index in [4.69, 9.17) is 4.74 Å². The number of ether oxygens (including phenoxy) is 1. The van der Waals surface area contributed by atoms with Gasteiger partial charge in [-0.15, -0.1) is 12.6 Å². The van der Waals surface area contributed by atoms with E-state index in [2.05, 4.69) is 17.9 Å². The van der Waals surface area contributed by atoms with E-state index in [1.807, 2.05) is 6.92 Å². The van der Waals surface area contributed by atoms with Gasteiger partial charge in [-0.1, -0.05) is 6.07 Å². The van der Waals surface area contributed by atoms with Crippen LogP contribution in [0.3, 0.4) is 0 Å². The number of hydrogen-bond donors (Lipinski definition) is 2. The maximum Gasteiger partial charge on any atom is 0.416 e. The zero-order valence-corrected chi connectivity index (χ0v) is 13.1. The predicted molar refractivity (Wildman–Crippen MR) is 83.8 cm³/mol. The van der Waals surface area contributed by atoms with Crippen LogP contribution in [0, 0.1) is 6.92 Å². The lowest BCUT2D eigenvalue weighted by Gasteiger charge is -2.18. The standard InChI is InChI=1S/C16H16F3NOS/c1-10-8-11(22)6-7-15(10)21-9-12-13(16(17,18)19)4-3-5-14(12)20-2/h3-8,20,22H,9H2,1-2H3. The van der Waals surface area contributed by atoms with Crippen molar-refractivity contribution in [1.29, 1.82) is 0 Å². The number of aryl methyl sites for hydroxylation is 1. The van der Waals surface area contributed by atoms with Crippen LogP contribution in [0.1, 0.15) is 16.7 Å². The van der Waals surface area contributed by atoms with Gasteiger partial charge in [0.05, 0.1) is 5.56 Å². The van der Waals surface area contributed by atoms with Crippen molar-refractivity contribution in [3.05, 3.63) is 53.1 Å². The molecule has 0 saturated carbocycles. The van der Waals surface area contributed by atoms with E-state index in [9.17, 15) is 13.2 Å². The molecule has 22 heavy (non-hydrogen) atoms. The van der Waals surface area contributed by atoms with Gasteiger partial charge in [-0.05, 0) is 42.8 Å². The Labute approximate surface area is 132 Å². The van der Waals surface area contributed by atoms with Crippen molar-refractivity contribution in [2.75, 3.05) is 12.4 Å². The van der Waals surface area contributed by atoms with Crippen molar-refractivity contribution in [3.63, 3.8) is 0 Å². The molecule has 2 rings (SSSR count). The summed E-state index contributed by atoms with van der Waals surface area (Å²) in [6, 6.07) is 9.26. The van der Waals surface area contributed by atoms with Gasteiger partial charge in [-0.2, -0.15) is 13.2 Å². The van der Waals surface area contributed by atoms with Crippen LogP contribution in [0.15, 0.2) is 41.3 Å². The first-order valence-electron chi connectivity index (χ1n) is 6.62. The quantitative estimate of drug-likeness (QED) is 0.778. The lowest BCUT2D eigenvalue weighted by Crippen LogP contribution is -2.13. The maximum atomic E-state index is 13.1. The normalized spacial score (nSPS) is 11.4. The molecule has 2 nitrogen and oxygen atoms in total. The smallest absolute Gasteiger partial charge is 0.416 e. The molecule has 2 aromatic carbocycles. The molecule has 0 aliphatic rings. The first kappa shape index (κ1) is 16.5. The summed E-state index contributed by atoms with van der Waals surface area (Å²) in [6.07, 6.45) is -4.42. The fraction of sp³-hybridized carbons (Fsp3) is 0.250. The molecule has 0 aliphatic heterocycles. The van der Waals surface area contributed by atoms with E-state index in [1.165, 1.54) is 6.07 Å². The number of anilines is 1. The summed E-state index contributed by atoms with van der Waals surface area (Å²) in [7, 11) is 1.58. The van der Waals surface area contributed by atoms with Gasteiger partial charge in [0.1, 0.15) is 12.4 Å². The Morgan fingerprint density at radius 3 is 2.50 bits per heavy atom. The van der Waals surface area contributed by atoms with Gasteiger partial charge >= 0.3 is 6.18 Å². The molecule has 0 heterocycles. The first-order chi connectivity index (χ1) is 10.3. The largest absolute Gasteiger partial charge is 0.489 e. The zero-order valence-electron chi connectivity index (χ0n) is 12.2. The van der Waals surface area contributed by atoms with Gasteiger partial charge in [0, 0.05) is 23.2 Å². The van der Waals surface area contributed by atoms with Crippen LogP contribution in [-0.4, -0.2) is 7.05 Å². The van der Waals surface area contributed by atoms with E-state index in [0.29, 0.717) is 11.4 Å². The summed E-state index contributed by atoms with van der Waals surface area (Å²) in [5, 5.41) is 2.78. The molecule has 0 bridgehead atoms. The number of thiol groups is 1. The third-order valence-corrected chi connectivity index (χ3v) is 3.56. The van der Waals surface area contributed by atoms with Crippen molar-refractivity contribution in [2.24, 2.45) is 0 Å². The Bertz CT molecular complexity index is 671. The van der Waals surface area contributed by atoms with Crippen molar-refractivity contribution in [3.8, 4) is 5.75 Å². The molecule has 118 valence electrons. The molecule has 0 spiro atoms. The van der Waals surface area contributed by atoms with Crippen LogP contribution in [0.25, 0.3) is 0 Å². The minimum Gasteiger partial charge on any atom is -0.489 e. The molecule has 0 aliphatic carbocycles. The first-order valence-corrected chi connectivity index (χ1v) is 7.07. The number of hydrogen-bond acceptors (Lipinski definition) is 3. The Morgan fingerprint density at radius 1 is 1.18 bits per heavy atom. The molecule has 0 radical (unpaired) electrons. The molecule has 0 saturated heterocycles. The summed E-state index contributed by atoms with van der Waals surface area (Å²) in [6.45, 7) is 1.66. The van der Waals surface area contributed by atoms with Gasteiger partial charge in [0.2, 0.25) is 0 Å². The molecule has 6 heteroatoms. The minimum atomic E-state index is -4.42. The topological polar surface area (TPSA) is 21.3 Å². The monoisotopic (exact) mass is 327 g/mol. The van der Waals surface area contributed by atoms with Crippen molar-refractivity contribution >= 4 is 18.3 Å². The van der Waals surface area contributed by atoms with Crippen LogP contribution in [0.2, 0.25) is 0 Å². The van der Waals surface area contributed by atoms with Crippen LogP contribution in [-0.2, 0) is 12.8 Å². The summed E-state index contributed by atoms with van der Waals surface area (Å²) in [5.41, 5.74) is 0.621. The maximum absolute atomic E-state index is 13.1. The zero-order chi connectivity index (χ0) is 16.3. The molecular formula is C16H16F3NOS. The number of rotatable bonds is 4. The predicted octanol–water partition coefficient (Wildman–Crippen LogP) is 4.92. The highest BCUT2D eigenvalue weighted by Gasteiger charge is 2.34. The highest BCUT2D eigenvalue weighted by Crippen LogP contribution is 2.36. The van der Waals surface area contributed by atoms with Gasteiger partial charge in [0.15, 0.2) is 0 Å². The van der Waals surface area contributed by atoms with Gasteiger partial charge < -0.3 is 10.1 Å². The molecule has 0 unspecified atom stereocenters. The second-order valence-corrected chi connectivity index (χ2v) is 5.33. The van der Waals surface area contributed by atoms with Gasteiger partial charge in [-0.25, -0.2) is 0 Å². The summed E-state index contributed by atoms with van der Waals surface area (Å²) in [5.74, 6) is 0.539. The SMILES string of the molecule is CNc1cccc(C(F)(F)F)c1COc1ccc(S)cc1C. The highest BCUT2D eigenvalue weighted by atomic mass is 32.1. The molecule has 1 N–H and O–H groups in total. The van der Waals surface area contributed by atoms with Crippen LogP contribution >= 0.6 is 12.6 Å². The Balaban J connectivity index is 2.32. The molecule has 0 atom stereocenters. The summed E-state index contributed by atoms with van der Waals surface area (Å²) in [4.78, 5) is 0.774. The number of alkyl halides is 3. The molecule has 0 amide bonds.